The molecule has 0 spiro atoms. The van der Waals surface area contributed by atoms with Gasteiger partial charge in [0.15, 0.2) is 9.75 Å². The summed E-state index contributed by atoms with van der Waals surface area (Å²) in [6.07, 6.45) is 1.64. The number of halogens is 3. The minimum Gasteiger partial charge on any atom is -0.507 e. The number of alkyl halides is 2. The summed E-state index contributed by atoms with van der Waals surface area (Å²) in [7, 11) is 0. The van der Waals surface area contributed by atoms with Crippen LogP contribution in [0.5, 0.6) is 5.75 Å². The van der Waals surface area contributed by atoms with Crippen molar-refractivity contribution >= 4 is 74.7 Å². The third-order valence-corrected chi connectivity index (χ3v) is 11.9. The number of carbonyl (C=O) groups excluding carboxylic acids is 4. The molecule has 0 bridgehead atoms. The number of phenolic OH excluding ortho intramolecular Hbond substituents is 1. The van der Waals surface area contributed by atoms with Crippen molar-refractivity contribution in [1.29, 1.82) is 0 Å². The molecule has 4 aromatic carbocycles. The molecule has 2 aliphatic heterocycles. The molecule has 10 nitrogen and oxygen atoms in total. The average molecular weight is 701 g/mol. The number of benzene rings is 4. The van der Waals surface area contributed by atoms with Gasteiger partial charge in [0.2, 0.25) is 11.8 Å². The van der Waals surface area contributed by atoms with Crippen molar-refractivity contribution in [2.45, 2.75) is 28.5 Å². The average Bonchev–Trinajstić information content (AvgIpc) is 3.43. The summed E-state index contributed by atoms with van der Waals surface area (Å²) in [5.41, 5.74) is 1.05. The monoisotopic (exact) mass is 699 g/mol. The van der Waals surface area contributed by atoms with Crippen LogP contribution in [0.3, 0.4) is 0 Å². The van der Waals surface area contributed by atoms with Crippen molar-refractivity contribution in [3.05, 3.63) is 118 Å². The van der Waals surface area contributed by atoms with Crippen molar-refractivity contribution in [3.63, 3.8) is 0 Å². The van der Waals surface area contributed by atoms with Crippen molar-refractivity contribution in [3.8, 4) is 5.75 Å². The molecule has 4 aliphatic rings. The van der Waals surface area contributed by atoms with E-state index in [9.17, 15) is 38.8 Å². The maximum atomic E-state index is 14.6. The number of nitro benzene ring substituents is 1. The van der Waals surface area contributed by atoms with Crippen molar-refractivity contribution in [2.75, 3.05) is 9.80 Å². The lowest BCUT2D eigenvalue weighted by Crippen LogP contribution is -2.60. The zero-order chi connectivity index (χ0) is 34.6. The zero-order valence-corrected chi connectivity index (χ0v) is 26.8. The lowest BCUT2D eigenvalue weighted by molar-refractivity contribution is -0.384. The van der Waals surface area contributed by atoms with Crippen LogP contribution in [-0.2, 0) is 19.2 Å². The topological polar surface area (TPSA) is 138 Å². The summed E-state index contributed by atoms with van der Waals surface area (Å²) < 4.78 is 13.9. The van der Waals surface area contributed by atoms with E-state index in [1.165, 1.54) is 42.5 Å². The van der Waals surface area contributed by atoms with Gasteiger partial charge in [-0.05, 0) is 72.2 Å². The van der Waals surface area contributed by atoms with E-state index >= 15 is 0 Å². The van der Waals surface area contributed by atoms with Gasteiger partial charge < -0.3 is 5.11 Å². The van der Waals surface area contributed by atoms with Gasteiger partial charge in [-0.3, -0.25) is 34.2 Å². The van der Waals surface area contributed by atoms with Gasteiger partial charge >= 0.3 is 0 Å². The molecule has 3 fully saturated rings. The Morgan fingerprint density at radius 1 is 0.796 bits per heavy atom. The Bertz CT molecular complexity index is 2190. The summed E-state index contributed by atoms with van der Waals surface area (Å²) in [5, 5.41) is 23.0. The molecule has 13 heteroatoms. The number of imide groups is 2. The Balaban J connectivity index is 1.31. The molecule has 2 aliphatic carbocycles. The minimum absolute atomic E-state index is 0.0257. The van der Waals surface area contributed by atoms with Crippen LogP contribution in [0.4, 0.5) is 21.5 Å². The van der Waals surface area contributed by atoms with Gasteiger partial charge in [0.05, 0.1) is 28.1 Å². The van der Waals surface area contributed by atoms with Crippen LogP contribution in [0.2, 0.25) is 0 Å². The van der Waals surface area contributed by atoms with E-state index in [-0.39, 0.29) is 35.7 Å². The third kappa shape index (κ3) is 4.12. The Hall–Kier alpha value is -5.13. The van der Waals surface area contributed by atoms with E-state index in [0.29, 0.717) is 21.9 Å². The van der Waals surface area contributed by atoms with Gasteiger partial charge in [-0.15, -0.1) is 23.2 Å². The van der Waals surface area contributed by atoms with Gasteiger partial charge in [-0.1, -0.05) is 42.0 Å². The maximum Gasteiger partial charge on any atom is 0.269 e. The van der Waals surface area contributed by atoms with Gasteiger partial charge in [-0.2, -0.15) is 0 Å². The van der Waals surface area contributed by atoms with Gasteiger partial charge in [0.25, 0.3) is 17.5 Å². The number of nitrogens with zero attached hydrogens (tertiary/aromatic N) is 3. The predicted molar refractivity (Wildman–Crippen MR) is 178 cm³/mol. The Kier molecular flexibility index (Phi) is 6.79. The highest BCUT2D eigenvalue weighted by Crippen LogP contribution is 2.66. The lowest BCUT2D eigenvalue weighted by atomic mass is 9.56. The lowest BCUT2D eigenvalue weighted by Gasteiger charge is -2.51. The van der Waals surface area contributed by atoms with E-state index in [1.807, 2.05) is 0 Å². The SMILES string of the molecule is O=C1C2CC=C3C(CC4(Cl)C(=O)N(c5ccc(F)cc5)C(=O)C4(Cl)C3c3ccc(O)c4ccccc34)C2C(=O)N1c1ccc([N+](=O)[O-])cc1. The number of rotatable bonds is 4. The maximum absolute atomic E-state index is 14.6. The number of amides is 4. The summed E-state index contributed by atoms with van der Waals surface area (Å²) in [6, 6.07) is 19.8. The number of allylic oxidation sites excluding steroid dienone is 2. The molecule has 1 saturated carbocycles. The fourth-order valence-electron chi connectivity index (χ4n) is 8.28. The number of non-ortho nitro benzene ring substituents is 1. The highest BCUT2D eigenvalue weighted by molar-refractivity contribution is 6.58. The predicted octanol–water partition coefficient (Wildman–Crippen LogP) is 6.36. The molecule has 8 rings (SSSR count). The van der Waals surface area contributed by atoms with Gasteiger partial charge in [-0.25, -0.2) is 9.29 Å². The third-order valence-electron chi connectivity index (χ3n) is 10.5. The van der Waals surface area contributed by atoms with E-state index < -0.39 is 67.8 Å². The van der Waals surface area contributed by atoms with Gasteiger partial charge in [0.1, 0.15) is 11.6 Å². The normalized spacial score (nSPS) is 29.2. The fourth-order valence-corrected chi connectivity index (χ4v) is 9.21. The van der Waals surface area contributed by atoms with Gasteiger partial charge in [0, 0.05) is 23.4 Å². The molecule has 4 amide bonds. The molecule has 246 valence electrons. The molecular weight excluding hydrogens is 676 g/mol. The molecule has 2 heterocycles. The first-order valence-corrected chi connectivity index (χ1v) is 16.2. The smallest absolute Gasteiger partial charge is 0.269 e. The molecule has 1 N–H and O–H groups in total. The molecule has 0 radical (unpaired) electrons. The number of nitro groups is 1. The van der Waals surface area contributed by atoms with Crippen molar-refractivity contribution < 1.29 is 33.6 Å². The molecule has 4 aromatic rings. The second-order valence-electron chi connectivity index (χ2n) is 12.8. The summed E-state index contributed by atoms with van der Waals surface area (Å²) in [6.45, 7) is 0. The summed E-state index contributed by atoms with van der Waals surface area (Å²) in [5.74, 6) is -7.11. The van der Waals surface area contributed by atoms with Crippen LogP contribution in [0.25, 0.3) is 10.8 Å². The number of hydrogen-bond acceptors (Lipinski definition) is 7. The number of hydrogen-bond donors (Lipinski definition) is 1. The number of anilines is 2. The molecule has 6 atom stereocenters. The Morgan fingerprint density at radius 2 is 1.43 bits per heavy atom. The van der Waals surface area contributed by atoms with Crippen molar-refractivity contribution in [2.24, 2.45) is 17.8 Å². The zero-order valence-electron chi connectivity index (χ0n) is 25.3. The Labute approximate surface area is 287 Å². The second-order valence-corrected chi connectivity index (χ2v) is 14.0. The Morgan fingerprint density at radius 3 is 2.10 bits per heavy atom. The van der Waals surface area contributed by atoms with Crippen LogP contribution in [0.15, 0.2) is 96.6 Å². The molecule has 2 saturated heterocycles. The highest BCUT2D eigenvalue weighted by Gasteiger charge is 2.76. The van der Waals surface area contributed by atoms with Crippen molar-refractivity contribution in [1.82, 2.24) is 0 Å². The van der Waals surface area contributed by atoms with Crippen LogP contribution in [0, 0.1) is 33.7 Å². The minimum atomic E-state index is -2.14. The molecule has 6 unspecified atom stereocenters. The number of carbonyl (C=O) groups is 4. The number of aromatic hydroxyl groups is 1. The largest absolute Gasteiger partial charge is 0.507 e. The van der Waals surface area contributed by atoms with E-state index in [1.54, 1.807) is 36.4 Å². The summed E-state index contributed by atoms with van der Waals surface area (Å²) in [4.78, 5) is 65.5. The van der Waals surface area contributed by atoms with Crippen LogP contribution < -0.4 is 9.80 Å². The number of fused-ring (bicyclic) bond motifs is 5. The first-order chi connectivity index (χ1) is 23.4. The molecule has 49 heavy (non-hydrogen) atoms. The number of phenols is 1. The van der Waals surface area contributed by atoms with Crippen LogP contribution in [0.1, 0.15) is 24.3 Å². The van der Waals surface area contributed by atoms with E-state index in [4.69, 9.17) is 23.2 Å². The quantitative estimate of drug-likeness (QED) is 0.0860. The van der Waals surface area contributed by atoms with Crippen LogP contribution in [-0.4, -0.2) is 43.4 Å². The fraction of sp³-hybridized carbons (Fsp3) is 0.222. The van der Waals surface area contributed by atoms with E-state index in [2.05, 4.69) is 0 Å². The standard InChI is InChI=1S/C36H24Cl2FN3O7/c37-35-17-27-25(13-14-26-29(27)32(45)40(31(26)44)19-9-11-21(12-10-19)42(48)49)30(24-15-16-28(43)23-4-2-1-3-22(23)24)36(35,38)34(47)41(33(35)46)20-7-5-18(39)6-8-20/h1-13,15-16,26-27,29-30,43H,14,17H2. The summed E-state index contributed by atoms with van der Waals surface area (Å²) >= 11 is 14.9. The first-order valence-electron chi connectivity index (χ1n) is 15.4. The first kappa shape index (κ1) is 31.2. The van der Waals surface area contributed by atoms with Crippen LogP contribution >= 0.6 is 23.2 Å². The highest BCUT2D eigenvalue weighted by atomic mass is 35.5. The molecule has 0 aromatic heterocycles. The molecular formula is C36H24Cl2FN3O7. The second kappa shape index (κ2) is 10.7. The van der Waals surface area contributed by atoms with E-state index in [0.717, 1.165) is 21.9 Å².